The Morgan fingerprint density at radius 2 is 1.83 bits per heavy atom. The fourth-order valence-electron chi connectivity index (χ4n) is 3.31. The lowest BCUT2D eigenvalue weighted by atomic mass is 10.2. The minimum atomic E-state index is -0.952. The Kier molecular flexibility index (Phi) is 8.28. The van der Waals surface area contributed by atoms with Gasteiger partial charge in [-0.2, -0.15) is 0 Å². The monoisotopic (exact) mass is 446 g/mol. The number of carbonyl (C=O) groups is 1. The van der Waals surface area contributed by atoms with Crippen molar-refractivity contribution >= 4 is 34.3 Å². The van der Waals surface area contributed by atoms with E-state index in [0.29, 0.717) is 48.7 Å². The van der Waals surface area contributed by atoms with Gasteiger partial charge in [-0.25, -0.2) is 0 Å². The average molecular weight is 447 g/mol. The molecule has 1 N–H and O–H groups in total. The van der Waals surface area contributed by atoms with Crippen LogP contribution in [0.2, 0.25) is 5.02 Å². The summed E-state index contributed by atoms with van der Waals surface area (Å²) in [6.07, 6.45) is 0. The van der Waals surface area contributed by atoms with Gasteiger partial charge in [0.2, 0.25) is 5.91 Å². The second-order valence-corrected chi connectivity index (χ2v) is 9.12. The number of carbonyl (C=O) groups excluding carboxylic acids is 1. The molecule has 0 bridgehead atoms. The molecule has 1 aliphatic heterocycles. The summed E-state index contributed by atoms with van der Waals surface area (Å²) in [6, 6.07) is 17.4. The van der Waals surface area contributed by atoms with Crippen LogP contribution in [0.5, 0.6) is 0 Å². The number of halogens is 1. The zero-order valence-corrected chi connectivity index (χ0v) is 18.7. The number of nitrogens with zero attached hydrogens (tertiary/aromatic N) is 3. The summed E-state index contributed by atoms with van der Waals surface area (Å²) in [5.41, 5.74) is 2.13. The Bertz CT molecular complexity index is 890. The fourth-order valence-corrected chi connectivity index (χ4v) is 4.47. The smallest absolute Gasteiger partial charge is 0.242 e. The summed E-state index contributed by atoms with van der Waals surface area (Å²) in [7, 11) is 0.750. The molecule has 8 heteroatoms. The average Bonchev–Trinajstić information content (AvgIpc) is 2.75. The van der Waals surface area contributed by atoms with Crippen LogP contribution >= 0.6 is 11.6 Å². The predicted molar refractivity (Wildman–Crippen MR) is 123 cm³/mol. The van der Waals surface area contributed by atoms with Crippen molar-refractivity contribution in [2.75, 3.05) is 39.0 Å². The lowest BCUT2D eigenvalue weighted by Crippen LogP contribution is -2.55. The van der Waals surface area contributed by atoms with Gasteiger partial charge in [-0.15, -0.1) is 0 Å². The van der Waals surface area contributed by atoms with Gasteiger partial charge in [0, 0.05) is 60.6 Å². The summed E-state index contributed by atoms with van der Waals surface area (Å²) in [6.45, 7) is 2.73. The SMILES string of the molecule is CN=C(NCCS(=O)Cc1ccccc1)N1CCN(Cc2ccc(Cl)cc2)C(=O)C1. The second-order valence-electron chi connectivity index (χ2n) is 7.11. The number of nitrogens with one attached hydrogen (secondary N) is 1. The number of piperazine rings is 1. The minimum Gasteiger partial charge on any atom is -0.355 e. The fraction of sp³-hybridized carbons (Fsp3) is 0.364. The van der Waals surface area contributed by atoms with Crippen LogP contribution < -0.4 is 5.32 Å². The largest absolute Gasteiger partial charge is 0.355 e. The Labute approximate surface area is 185 Å². The highest BCUT2D eigenvalue weighted by Crippen LogP contribution is 2.13. The molecule has 160 valence electrons. The molecule has 1 fully saturated rings. The molecule has 1 unspecified atom stereocenters. The van der Waals surface area contributed by atoms with Gasteiger partial charge < -0.3 is 15.1 Å². The first-order valence-corrected chi connectivity index (χ1v) is 11.8. The van der Waals surface area contributed by atoms with Gasteiger partial charge >= 0.3 is 0 Å². The summed E-state index contributed by atoms with van der Waals surface area (Å²) in [4.78, 5) is 20.7. The zero-order valence-electron chi connectivity index (χ0n) is 17.1. The molecular weight excluding hydrogens is 420 g/mol. The molecule has 0 radical (unpaired) electrons. The third-order valence-electron chi connectivity index (χ3n) is 4.90. The van der Waals surface area contributed by atoms with Crippen molar-refractivity contribution in [2.24, 2.45) is 4.99 Å². The topological polar surface area (TPSA) is 65.0 Å². The summed E-state index contributed by atoms with van der Waals surface area (Å²) >= 11 is 5.93. The number of rotatable bonds is 7. The molecule has 1 heterocycles. The second kappa shape index (κ2) is 11.1. The maximum Gasteiger partial charge on any atom is 0.242 e. The van der Waals surface area contributed by atoms with Crippen molar-refractivity contribution in [2.45, 2.75) is 12.3 Å². The van der Waals surface area contributed by atoms with E-state index in [4.69, 9.17) is 11.6 Å². The van der Waals surface area contributed by atoms with Gasteiger partial charge in [0.25, 0.3) is 0 Å². The van der Waals surface area contributed by atoms with Gasteiger partial charge in [-0.05, 0) is 23.3 Å². The first-order valence-electron chi connectivity index (χ1n) is 9.92. The normalized spacial score (nSPS) is 15.9. The van der Waals surface area contributed by atoms with E-state index in [1.807, 2.05) is 64.4 Å². The van der Waals surface area contributed by atoms with E-state index in [0.717, 1.165) is 11.1 Å². The highest BCUT2D eigenvalue weighted by Gasteiger charge is 2.25. The van der Waals surface area contributed by atoms with Crippen LogP contribution in [-0.4, -0.2) is 64.9 Å². The third kappa shape index (κ3) is 6.57. The van der Waals surface area contributed by atoms with Crippen LogP contribution in [0.1, 0.15) is 11.1 Å². The molecule has 30 heavy (non-hydrogen) atoms. The maximum atomic E-state index is 12.6. The number of aliphatic imine (C=N–C) groups is 1. The molecule has 0 spiro atoms. The van der Waals surface area contributed by atoms with E-state index in [1.165, 1.54) is 0 Å². The van der Waals surface area contributed by atoms with Crippen LogP contribution in [0, 0.1) is 0 Å². The van der Waals surface area contributed by atoms with Crippen molar-refractivity contribution in [1.29, 1.82) is 0 Å². The highest BCUT2D eigenvalue weighted by molar-refractivity contribution is 7.84. The lowest BCUT2D eigenvalue weighted by Gasteiger charge is -2.36. The van der Waals surface area contributed by atoms with E-state index in [9.17, 15) is 9.00 Å². The Morgan fingerprint density at radius 3 is 2.50 bits per heavy atom. The van der Waals surface area contributed by atoms with Gasteiger partial charge in [0.05, 0.1) is 6.54 Å². The molecule has 1 aliphatic rings. The van der Waals surface area contributed by atoms with Crippen LogP contribution in [-0.2, 0) is 27.9 Å². The minimum absolute atomic E-state index is 0.0619. The molecule has 2 aromatic carbocycles. The van der Waals surface area contributed by atoms with Gasteiger partial charge in [0.1, 0.15) is 0 Å². The van der Waals surface area contributed by atoms with E-state index in [-0.39, 0.29) is 12.5 Å². The summed E-state index contributed by atoms with van der Waals surface area (Å²) < 4.78 is 12.3. The molecule has 0 saturated carbocycles. The molecule has 1 saturated heterocycles. The van der Waals surface area contributed by atoms with E-state index in [2.05, 4.69) is 10.3 Å². The molecule has 2 aromatic rings. The van der Waals surface area contributed by atoms with E-state index in [1.54, 1.807) is 7.05 Å². The summed E-state index contributed by atoms with van der Waals surface area (Å²) in [5, 5.41) is 3.93. The molecule has 0 aliphatic carbocycles. The van der Waals surface area contributed by atoms with E-state index < -0.39 is 10.8 Å². The van der Waals surface area contributed by atoms with Crippen LogP contribution in [0.4, 0.5) is 0 Å². The zero-order chi connectivity index (χ0) is 21.3. The van der Waals surface area contributed by atoms with Gasteiger partial charge in [0.15, 0.2) is 5.96 Å². The standard InChI is InChI=1S/C22H27ClN4O2S/c1-24-22(25-11-14-30(29)17-19-5-3-2-4-6-19)27-13-12-26(21(28)16-27)15-18-7-9-20(23)10-8-18/h2-10H,11-17H2,1H3,(H,24,25). The lowest BCUT2D eigenvalue weighted by molar-refractivity contribution is -0.135. The van der Waals surface area contributed by atoms with Crippen LogP contribution in [0.15, 0.2) is 59.6 Å². The van der Waals surface area contributed by atoms with Gasteiger partial charge in [-0.3, -0.25) is 14.0 Å². The molecule has 3 rings (SSSR count). The number of benzene rings is 2. The quantitative estimate of drug-likeness (QED) is 0.524. The number of hydrogen-bond acceptors (Lipinski definition) is 3. The predicted octanol–water partition coefficient (Wildman–Crippen LogP) is 2.51. The molecule has 1 amide bonds. The summed E-state index contributed by atoms with van der Waals surface area (Å²) in [5.74, 6) is 1.81. The van der Waals surface area contributed by atoms with Crippen LogP contribution in [0.25, 0.3) is 0 Å². The first-order chi connectivity index (χ1) is 14.5. The third-order valence-corrected chi connectivity index (χ3v) is 6.47. The Balaban J connectivity index is 1.44. The molecule has 0 aromatic heterocycles. The van der Waals surface area contributed by atoms with Crippen LogP contribution in [0.3, 0.4) is 0 Å². The maximum absolute atomic E-state index is 12.6. The number of hydrogen-bond donors (Lipinski definition) is 1. The Hall–Kier alpha value is -2.38. The van der Waals surface area contributed by atoms with Crippen molar-refractivity contribution in [3.8, 4) is 0 Å². The van der Waals surface area contributed by atoms with Gasteiger partial charge in [-0.1, -0.05) is 54.1 Å². The molecule has 6 nitrogen and oxygen atoms in total. The highest BCUT2D eigenvalue weighted by atomic mass is 35.5. The molecular formula is C22H27ClN4O2S. The van der Waals surface area contributed by atoms with Crippen molar-refractivity contribution in [3.05, 3.63) is 70.7 Å². The first kappa shape index (κ1) is 22.3. The number of guanidine groups is 1. The number of amides is 1. The van der Waals surface area contributed by atoms with Crippen molar-refractivity contribution in [3.63, 3.8) is 0 Å². The Morgan fingerprint density at radius 1 is 1.10 bits per heavy atom. The van der Waals surface area contributed by atoms with Crippen molar-refractivity contribution < 1.29 is 9.00 Å². The van der Waals surface area contributed by atoms with Crippen molar-refractivity contribution in [1.82, 2.24) is 15.1 Å². The van der Waals surface area contributed by atoms with E-state index >= 15 is 0 Å². The molecule has 1 atom stereocenters.